The molecule has 1 aliphatic carbocycles. The number of hydrogen-bond donors (Lipinski definition) is 1. The SMILES string of the molecule is CCC1NC2(CC2)C(=O)N1CCC(F)(F)F. The van der Waals surface area contributed by atoms with Crippen molar-refractivity contribution in [2.24, 2.45) is 0 Å². The molecule has 2 aliphatic rings. The van der Waals surface area contributed by atoms with E-state index in [-0.39, 0.29) is 18.6 Å². The molecule has 1 saturated carbocycles. The van der Waals surface area contributed by atoms with Crippen LogP contribution in [0.2, 0.25) is 0 Å². The summed E-state index contributed by atoms with van der Waals surface area (Å²) in [6, 6.07) is 0. The van der Waals surface area contributed by atoms with Gasteiger partial charge in [-0.15, -0.1) is 0 Å². The molecule has 1 aliphatic heterocycles. The van der Waals surface area contributed by atoms with Crippen LogP contribution in [0.25, 0.3) is 0 Å². The van der Waals surface area contributed by atoms with Crippen molar-refractivity contribution in [3.05, 3.63) is 0 Å². The lowest BCUT2D eigenvalue weighted by molar-refractivity contribution is -0.145. The number of carbonyl (C=O) groups is 1. The van der Waals surface area contributed by atoms with Crippen molar-refractivity contribution < 1.29 is 18.0 Å². The van der Waals surface area contributed by atoms with Gasteiger partial charge < -0.3 is 4.90 Å². The van der Waals surface area contributed by atoms with E-state index in [0.717, 1.165) is 12.8 Å². The van der Waals surface area contributed by atoms with Crippen molar-refractivity contribution in [2.75, 3.05) is 6.54 Å². The zero-order valence-electron chi connectivity index (χ0n) is 9.10. The molecule has 92 valence electrons. The Bertz CT molecular complexity index is 299. The Morgan fingerprint density at radius 2 is 2.12 bits per heavy atom. The van der Waals surface area contributed by atoms with Crippen molar-refractivity contribution >= 4 is 5.91 Å². The van der Waals surface area contributed by atoms with Crippen molar-refractivity contribution in [1.29, 1.82) is 0 Å². The first kappa shape index (κ1) is 11.7. The van der Waals surface area contributed by atoms with Gasteiger partial charge in [-0.05, 0) is 19.3 Å². The third-order valence-electron chi connectivity index (χ3n) is 3.26. The Labute approximate surface area is 92.0 Å². The molecule has 0 aromatic rings. The van der Waals surface area contributed by atoms with Crippen LogP contribution in [0, 0.1) is 0 Å². The molecule has 1 atom stereocenters. The summed E-state index contributed by atoms with van der Waals surface area (Å²) in [4.78, 5) is 13.2. The van der Waals surface area contributed by atoms with Crippen LogP contribution in [-0.2, 0) is 4.79 Å². The number of alkyl halides is 3. The van der Waals surface area contributed by atoms with Gasteiger partial charge in [-0.25, -0.2) is 0 Å². The normalized spacial score (nSPS) is 27.9. The van der Waals surface area contributed by atoms with E-state index in [9.17, 15) is 18.0 Å². The Morgan fingerprint density at radius 1 is 1.50 bits per heavy atom. The molecule has 2 fully saturated rings. The molecule has 1 N–H and O–H groups in total. The summed E-state index contributed by atoms with van der Waals surface area (Å²) < 4.78 is 36.4. The highest BCUT2D eigenvalue weighted by atomic mass is 19.4. The fraction of sp³-hybridized carbons (Fsp3) is 0.900. The summed E-state index contributed by atoms with van der Waals surface area (Å²) in [5.41, 5.74) is -0.508. The van der Waals surface area contributed by atoms with Crippen LogP contribution in [0.1, 0.15) is 32.6 Å². The lowest BCUT2D eigenvalue weighted by Gasteiger charge is -2.23. The minimum atomic E-state index is -4.20. The largest absolute Gasteiger partial charge is 0.390 e. The minimum absolute atomic E-state index is 0.149. The first-order chi connectivity index (χ1) is 7.38. The molecule has 16 heavy (non-hydrogen) atoms. The Morgan fingerprint density at radius 3 is 2.56 bits per heavy atom. The smallest absolute Gasteiger partial charge is 0.325 e. The monoisotopic (exact) mass is 236 g/mol. The van der Waals surface area contributed by atoms with Crippen molar-refractivity contribution in [3.8, 4) is 0 Å². The van der Waals surface area contributed by atoms with E-state index in [4.69, 9.17) is 0 Å². The standard InChI is InChI=1S/C10H15F3N2O/c1-2-7-14-9(3-4-9)8(16)15(7)6-5-10(11,12)13/h7,14H,2-6H2,1H3. The van der Waals surface area contributed by atoms with E-state index >= 15 is 0 Å². The summed E-state index contributed by atoms with van der Waals surface area (Å²) in [7, 11) is 0. The van der Waals surface area contributed by atoms with Gasteiger partial charge >= 0.3 is 6.18 Å². The zero-order chi connectivity index (χ0) is 12.0. The highest BCUT2D eigenvalue weighted by molar-refractivity contribution is 5.91. The molecule has 2 rings (SSSR count). The molecule has 1 heterocycles. The fourth-order valence-corrected chi connectivity index (χ4v) is 2.19. The second-order valence-electron chi connectivity index (χ2n) is 4.51. The molecular weight excluding hydrogens is 221 g/mol. The van der Waals surface area contributed by atoms with Gasteiger partial charge in [0.1, 0.15) is 0 Å². The number of rotatable bonds is 3. The second kappa shape index (κ2) is 3.61. The molecule has 1 saturated heterocycles. The van der Waals surface area contributed by atoms with Crippen LogP contribution in [0.3, 0.4) is 0 Å². The zero-order valence-corrected chi connectivity index (χ0v) is 9.10. The fourth-order valence-electron chi connectivity index (χ4n) is 2.19. The summed E-state index contributed by atoms with van der Waals surface area (Å²) in [6.45, 7) is 1.64. The third-order valence-corrected chi connectivity index (χ3v) is 3.26. The van der Waals surface area contributed by atoms with Gasteiger partial charge in [-0.2, -0.15) is 13.2 Å². The van der Waals surface area contributed by atoms with Crippen molar-refractivity contribution in [1.82, 2.24) is 10.2 Å². The number of nitrogens with zero attached hydrogens (tertiary/aromatic N) is 1. The van der Waals surface area contributed by atoms with Gasteiger partial charge in [0.25, 0.3) is 0 Å². The highest BCUT2D eigenvalue weighted by Crippen LogP contribution is 2.42. The lowest BCUT2D eigenvalue weighted by atomic mass is 10.2. The number of nitrogens with one attached hydrogen (secondary N) is 1. The lowest BCUT2D eigenvalue weighted by Crippen LogP contribution is -2.38. The van der Waals surface area contributed by atoms with Gasteiger partial charge in [-0.1, -0.05) is 6.92 Å². The van der Waals surface area contributed by atoms with Gasteiger partial charge in [-0.3, -0.25) is 10.1 Å². The van der Waals surface area contributed by atoms with Gasteiger partial charge in [0.05, 0.1) is 18.1 Å². The molecule has 0 bridgehead atoms. The molecule has 3 nitrogen and oxygen atoms in total. The van der Waals surface area contributed by atoms with E-state index in [0.29, 0.717) is 6.42 Å². The summed E-state index contributed by atoms with van der Waals surface area (Å²) >= 11 is 0. The predicted octanol–water partition coefficient (Wildman–Crippen LogP) is 1.64. The summed E-state index contributed by atoms with van der Waals surface area (Å²) in [5, 5.41) is 3.14. The Kier molecular flexibility index (Phi) is 2.64. The molecule has 1 unspecified atom stereocenters. The van der Waals surface area contributed by atoms with Gasteiger partial charge in [0.15, 0.2) is 0 Å². The Hall–Kier alpha value is -0.780. The van der Waals surface area contributed by atoms with E-state index in [1.54, 1.807) is 0 Å². The summed E-state index contributed by atoms with van der Waals surface area (Å²) in [6.07, 6.45) is -3.19. The molecule has 1 spiro atoms. The van der Waals surface area contributed by atoms with Crippen LogP contribution in [0.4, 0.5) is 13.2 Å². The average molecular weight is 236 g/mol. The van der Waals surface area contributed by atoms with E-state index < -0.39 is 18.1 Å². The molecule has 0 aromatic heterocycles. The molecular formula is C10H15F3N2O. The number of hydrogen-bond acceptors (Lipinski definition) is 2. The van der Waals surface area contributed by atoms with Crippen LogP contribution < -0.4 is 5.32 Å². The summed E-state index contributed by atoms with van der Waals surface area (Å²) in [5.74, 6) is -0.149. The van der Waals surface area contributed by atoms with Crippen LogP contribution in [-0.4, -0.2) is 35.2 Å². The molecule has 1 amide bonds. The first-order valence-electron chi connectivity index (χ1n) is 5.53. The predicted molar refractivity (Wildman–Crippen MR) is 51.6 cm³/mol. The van der Waals surface area contributed by atoms with E-state index in [2.05, 4.69) is 5.32 Å². The average Bonchev–Trinajstić information content (AvgIpc) is 2.89. The number of carbonyl (C=O) groups excluding carboxylic acids is 1. The minimum Gasteiger partial charge on any atom is -0.325 e. The van der Waals surface area contributed by atoms with Gasteiger partial charge in [0, 0.05) is 6.54 Å². The maximum atomic E-state index is 12.1. The maximum Gasteiger partial charge on any atom is 0.390 e. The molecule has 6 heteroatoms. The highest BCUT2D eigenvalue weighted by Gasteiger charge is 2.58. The molecule has 0 aromatic carbocycles. The molecule has 0 radical (unpaired) electrons. The van der Waals surface area contributed by atoms with Crippen LogP contribution in [0.15, 0.2) is 0 Å². The Balaban J connectivity index is 1.99. The second-order valence-corrected chi connectivity index (χ2v) is 4.51. The number of halogens is 3. The van der Waals surface area contributed by atoms with Crippen molar-refractivity contribution in [3.63, 3.8) is 0 Å². The number of amides is 1. The third kappa shape index (κ3) is 2.03. The topological polar surface area (TPSA) is 32.3 Å². The van der Waals surface area contributed by atoms with E-state index in [1.807, 2.05) is 6.92 Å². The maximum absolute atomic E-state index is 12.1. The quantitative estimate of drug-likeness (QED) is 0.808. The van der Waals surface area contributed by atoms with Crippen LogP contribution in [0.5, 0.6) is 0 Å². The van der Waals surface area contributed by atoms with Crippen molar-refractivity contribution in [2.45, 2.75) is 50.5 Å². The van der Waals surface area contributed by atoms with E-state index in [1.165, 1.54) is 4.90 Å². The first-order valence-corrected chi connectivity index (χ1v) is 5.53. The van der Waals surface area contributed by atoms with Gasteiger partial charge in [0.2, 0.25) is 5.91 Å². The van der Waals surface area contributed by atoms with Crippen LogP contribution >= 0.6 is 0 Å².